The molecule has 2 unspecified atom stereocenters. The molecule has 0 saturated carbocycles. The fourth-order valence-corrected chi connectivity index (χ4v) is 3.98. The number of hydrogen-bond donors (Lipinski definition) is 0. The molecular formula is C9H16O2S. The van der Waals surface area contributed by atoms with E-state index in [1.807, 2.05) is 0 Å². The van der Waals surface area contributed by atoms with Gasteiger partial charge in [0.05, 0.1) is 6.61 Å². The first kappa shape index (κ1) is 8.85. The van der Waals surface area contributed by atoms with Crippen molar-refractivity contribution >= 4 is 11.2 Å². The fraction of sp³-hybridized carbons (Fsp3) is 1.00. The summed E-state index contributed by atoms with van der Waals surface area (Å²) in [5.41, 5.74) is 0.307. The fourth-order valence-electron chi connectivity index (χ4n) is 2.32. The van der Waals surface area contributed by atoms with E-state index in [0.717, 1.165) is 37.6 Å². The second kappa shape index (κ2) is 3.56. The van der Waals surface area contributed by atoms with Gasteiger partial charge in [-0.25, -0.2) is 0 Å². The lowest BCUT2D eigenvalue weighted by atomic mass is 9.80. The Morgan fingerprint density at radius 1 is 1.25 bits per heavy atom. The van der Waals surface area contributed by atoms with Gasteiger partial charge >= 0.3 is 0 Å². The van der Waals surface area contributed by atoms with Crippen LogP contribution in [-0.2, 0) is 15.9 Å². The smallest absolute Gasteiger partial charge is 0.113 e. The van der Waals surface area contributed by atoms with E-state index in [2.05, 4.69) is 0 Å². The van der Waals surface area contributed by atoms with Gasteiger partial charge in [0, 0.05) is 12.0 Å². The van der Waals surface area contributed by atoms with E-state index >= 15 is 0 Å². The third kappa shape index (κ3) is 1.78. The zero-order valence-electron chi connectivity index (χ0n) is 7.38. The molecule has 2 heterocycles. The first-order valence-electron chi connectivity index (χ1n) is 4.74. The molecule has 0 amide bonds. The van der Waals surface area contributed by atoms with Crippen molar-refractivity contribution in [2.75, 3.05) is 24.7 Å². The van der Waals surface area contributed by atoms with Gasteiger partial charge in [0.15, 0.2) is 0 Å². The van der Waals surface area contributed by atoms with Crippen LogP contribution in [0.15, 0.2) is 0 Å². The predicted molar refractivity (Wildman–Crippen MR) is 49.6 cm³/mol. The molecule has 1 spiro atoms. The maximum Gasteiger partial charge on any atom is 0.113 e. The molecule has 0 aromatic heterocycles. The lowest BCUT2D eigenvalue weighted by Gasteiger charge is -2.39. The molecule has 2 saturated heterocycles. The largest absolute Gasteiger partial charge is 0.616 e. The number of rotatable bonds is 0. The third-order valence-electron chi connectivity index (χ3n) is 2.95. The van der Waals surface area contributed by atoms with Gasteiger partial charge in [0.2, 0.25) is 0 Å². The summed E-state index contributed by atoms with van der Waals surface area (Å²) in [7, 11) is 0. The summed E-state index contributed by atoms with van der Waals surface area (Å²) in [4.78, 5) is 0. The lowest BCUT2D eigenvalue weighted by molar-refractivity contribution is -0.00218. The van der Waals surface area contributed by atoms with E-state index in [4.69, 9.17) is 4.74 Å². The Morgan fingerprint density at radius 2 is 2.08 bits per heavy atom. The first-order valence-corrected chi connectivity index (χ1v) is 6.22. The van der Waals surface area contributed by atoms with Crippen LogP contribution in [0.4, 0.5) is 0 Å². The number of ether oxygens (including phenoxy) is 1. The lowest BCUT2D eigenvalue weighted by Crippen LogP contribution is -2.42. The van der Waals surface area contributed by atoms with Gasteiger partial charge in [0.25, 0.3) is 0 Å². The van der Waals surface area contributed by atoms with Crippen molar-refractivity contribution in [2.45, 2.75) is 25.7 Å². The van der Waals surface area contributed by atoms with Gasteiger partial charge in [-0.15, -0.1) is 0 Å². The highest BCUT2D eigenvalue weighted by molar-refractivity contribution is 7.91. The molecule has 2 nitrogen and oxygen atoms in total. The van der Waals surface area contributed by atoms with Crippen molar-refractivity contribution in [3.05, 3.63) is 0 Å². The Bertz CT molecular complexity index is 149. The molecule has 0 aromatic carbocycles. The van der Waals surface area contributed by atoms with Gasteiger partial charge in [-0.2, -0.15) is 0 Å². The minimum Gasteiger partial charge on any atom is -0.616 e. The van der Waals surface area contributed by atoms with Crippen LogP contribution in [0.3, 0.4) is 0 Å². The van der Waals surface area contributed by atoms with Crippen molar-refractivity contribution in [3.63, 3.8) is 0 Å². The quantitative estimate of drug-likeness (QED) is 0.537. The van der Waals surface area contributed by atoms with E-state index in [-0.39, 0.29) is 0 Å². The summed E-state index contributed by atoms with van der Waals surface area (Å²) in [6.07, 6.45) is 4.77. The molecule has 2 aliphatic heterocycles. The second-order valence-corrected chi connectivity index (χ2v) is 5.62. The van der Waals surface area contributed by atoms with Crippen molar-refractivity contribution in [1.82, 2.24) is 0 Å². The molecule has 0 radical (unpaired) electrons. The summed E-state index contributed by atoms with van der Waals surface area (Å²) in [6, 6.07) is 0. The Balaban J connectivity index is 1.97. The van der Waals surface area contributed by atoms with Crippen LogP contribution in [0.1, 0.15) is 25.7 Å². The average Bonchev–Trinajstić information content (AvgIpc) is 2.05. The molecule has 2 atom stereocenters. The standard InChI is InChI=1S/C9H16O2S/c10-12-6-2-4-9(8-12)3-1-5-11-7-9/h1-8H2. The van der Waals surface area contributed by atoms with Crippen LogP contribution in [0.2, 0.25) is 0 Å². The molecule has 0 bridgehead atoms. The SMILES string of the molecule is [O-][S+]1CCCC2(CCCOC2)C1. The normalized spacial score (nSPS) is 43.2. The van der Waals surface area contributed by atoms with E-state index < -0.39 is 11.2 Å². The maximum atomic E-state index is 11.4. The molecule has 0 aromatic rings. The van der Waals surface area contributed by atoms with Crippen LogP contribution in [0.25, 0.3) is 0 Å². The Hall–Kier alpha value is 0.270. The summed E-state index contributed by atoms with van der Waals surface area (Å²) >= 11 is -0.557. The highest BCUT2D eigenvalue weighted by Gasteiger charge is 2.40. The van der Waals surface area contributed by atoms with Gasteiger partial charge in [-0.3, -0.25) is 0 Å². The second-order valence-electron chi connectivity index (χ2n) is 4.05. The first-order chi connectivity index (χ1) is 5.81. The molecule has 0 aliphatic carbocycles. The van der Waals surface area contributed by atoms with Crippen molar-refractivity contribution < 1.29 is 9.29 Å². The van der Waals surface area contributed by atoms with E-state index in [0.29, 0.717) is 5.41 Å². The number of hydrogen-bond acceptors (Lipinski definition) is 2. The van der Waals surface area contributed by atoms with Gasteiger partial charge in [-0.1, -0.05) is 11.2 Å². The monoisotopic (exact) mass is 188 g/mol. The van der Waals surface area contributed by atoms with Crippen LogP contribution in [-0.4, -0.2) is 29.3 Å². The molecule has 70 valence electrons. The van der Waals surface area contributed by atoms with Crippen LogP contribution >= 0.6 is 0 Å². The van der Waals surface area contributed by atoms with E-state index in [9.17, 15) is 4.55 Å². The molecule has 12 heavy (non-hydrogen) atoms. The molecular weight excluding hydrogens is 172 g/mol. The summed E-state index contributed by atoms with van der Waals surface area (Å²) < 4.78 is 16.9. The molecule has 3 heteroatoms. The Labute approximate surface area is 76.9 Å². The minimum atomic E-state index is -0.557. The Morgan fingerprint density at radius 3 is 2.75 bits per heavy atom. The van der Waals surface area contributed by atoms with Gasteiger partial charge < -0.3 is 9.29 Å². The van der Waals surface area contributed by atoms with Crippen molar-refractivity contribution in [1.29, 1.82) is 0 Å². The summed E-state index contributed by atoms with van der Waals surface area (Å²) in [5, 5.41) is 0. The topological polar surface area (TPSA) is 32.3 Å². The molecule has 0 N–H and O–H groups in total. The minimum absolute atomic E-state index is 0.307. The van der Waals surface area contributed by atoms with Crippen LogP contribution < -0.4 is 0 Å². The summed E-state index contributed by atoms with van der Waals surface area (Å²) in [6.45, 7) is 1.77. The van der Waals surface area contributed by atoms with Crippen LogP contribution in [0, 0.1) is 5.41 Å². The molecule has 2 rings (SSSR count). The van der Waals surface area contributed by atoms with E-state index in [1.165, 1.54) is 12.8 Å². The van der Waals surface area contributed by atoms with Gasteiger partial charge in [0.1, 0.15) is 11.5 Å². The van der Waals surface area contributed by atoms with Crippen molar-refractivity contribution in [3.8, 4) is 0 Å². The van der Waals surface area contributed by atoms with Crippen molar-refractivity contribution in [2.24, 2.45) is 5.41 Å². The highest BCUT2D eigenvalue weighted by atomic mass is 32.2. The Kier molecular flexibility index (Phi) is 2.63. The average molecular weight is 188 g/mol. The zero-order valence-corrected chi connectivity index (χ0v) is 8.20. The molecule has 2 aliphatic rings. The summed E-state index contributed by atoms with van der Waals surface area (Å²) in [5.74, 6) is 1.81. The van der Waals surface area contributed by atoms with Crippen LogP contribution in [0.5, 0.6) is 0 Å². The third-order valence-corrected chi connectivity index (χ3v) is 4.63. The van der Waals surface area contributed by atoms with Gasteiger partial charge in [-0.05, 0) is 25.7 Å². The zero-order chi connectivity index (χ0) is 8.44. The highest BCUT2D eigenvalue weighted by Crippen LogP contribution is 2.38. The predicted octanol–water partition coefficient (Wildman–Crippen LogP) is 1.33. The van der Waals surface area contributed by atoms with E-state index in [1.54, 1.807) is 0 Å². The maximum absolute atomic E-state index is 11.4. The molecule has 2 fully saturated rings.